The summed E-state index contributed by atoms with van der Waals surface area (Å²) in [6, 6.07) is 9.93. The second-order valence-corrected chi connectivity index (χ2v) is 7.24. The van der Waals surface area contributed by atoms with Crippen molar-refractivity contribution in [3.63, 3.8) is 0 Å². The lowest BCUT2D eigenvalue weighted by Crippen LogP contribution is -2.13. The van der Waals surface area contributed by atoms with E-state index in [2.05, 4.69) is 20.4 Å². The molecule has 2 N–H and O–H groups in total. The summed E-state index contributed by atoms with van der Waals surface area (Å²) in [4.78, 5) is 9.56. The molecule has 4 aromatic rings. The lowest BCUT2D eigenvalue weighted by molar-refractivity contribution is 0.202. The monoisotopic (exact) mass is 369 g/mol. The highest BCUT2D eigenvalue weighted by Gasteiger charge is 2.17. The fraction of sp³-hybridized carbons (Fsp3) is 0.167. The van der Waals surface area contributed by atoms with Crippen LogP contribution < -0.4 is 5.32 Å². The summed E-state index contributed by atoms with van der Waals surface area (Å²) in [5, 5.41) is 18.8. The van der Waals surface area contributed by atoms with Crippen LogP contribution in [0.3, 0.4) is 0 Å². The van der Waals surface area contributed by atoms with Crippen molar-refractivity contribution in [2.24, 2.45) is 0 Å². The van der Waals surface area contributed by atoms with E-state index in [0.717, 1.165) is 9.88 Å². The Balaban J connectivity index is 1.71. The minimum absolute atomic E-state index is 0.345. The molecular formula is C18H16FN5OS. The van der Waals surface area contributed by atoms with Gasteiger partial charge in [0.05, 0.1) is 16.9 Å². The maximum absolute atomic E-state index is 14.1. The van der Waals surface area contributed by atoms with Gasteiger partial charge in [0.2, 0.25) is 0 Å². The van der Waals surface area contributed by atoms with E-state index in [9.17, 15) is 9.50 Å². The highest BCUT2D eigenvalue weighted by Crippen LogP contribution is 2.26. The Labute approximate surface area is 153 Å². The normalized spacial score (nSPS) is 12.5. The van der Waals surface area contributed by atoms with Crippen molar-refractivity contribution in [2.45, 2.75) is 20.1 Å². The van der Waals surface area contributed by atoms with Crippen molar-refractivity contribution in [2.75, 3.05) is 5.32 Å². The molecule has 0 saturated carbocycles. The van der Waals surface area contributed by atoms with E-state index in [1.165, 1.54) is 17.4 Å². The lowest BCUT2D eigenvalue weighted by Gasteiger charge is -2.12. The second kappa shape index (κ2) is 6.47. The molecule has 0 radical (unpaired) electrons. The number of hydrogen-bond donors (Lipinski definition) is 2. The van der Waals surface area contributed by atoms with Crippen LogP contribution in [-0.4, -0.2) is 24.7 Å². The van der Waals surface area contributed by atoms with Gasteiger partial charge < -0.3 is 10.4 Å². The Hall–Kier alpha value is -2.84. The number of anilines is 1. The van der Waals surface area contributed by atoms with Crippen molar-refractivity contribution >= 4 is 22.8 Å². The fourth-order valence-electron chi connectivity index (χ4n) is 2.79. The molecule has 3 heterocycles. The topological polar surface area (TPSA) is 75.3 Å². The molecule has 3 aromatic heterocycles. The van der Waals surface area contributed by atoms with Gasteiger partial charge >= 0.3 is 0 Å². The average Bonchev–Trinajstić information content (AvgIpc) is 3.17. The third kappa shape index (κ3) is 2.93. The molecule has 0 saturated heterocycles. The number of imidazole rings is 1. The van der Waals surface area contributed by atoms with Crippen LogP contribution in [0.25, 0.3) is 16.9 Å². The molecule has 0 aliphatic rings. The molecular weight excluding hydrogens is 353 g/mol. The number of aliphatic hydroxyl groups is 1. The Kier molecular flexibility index (Phi) is 4.14. The molecule has 1 aromatic carbocycles. The standard InChI is InChI=1S/C18H16FN5OS/c1-10-17(21-11(2)26-10)18(25)22-16-9-20-15-8-7-14(23-24(15)16)12-5-3-4-6-13(12)19/h3-9,18,22,25H,1-2H3. The average molecular weight is 369 g/mol. The van der Waals surface area contributed by atoms with Gasteiger partial charge in [-0.3, -0.25) is 0 Å². The smallest absolute Gasteiger partial charge is 0.170 e. The van der Waals surface area contributed by atoms with Gasteiger partial charge in [0.15, 0.2) is 17.7 Å². The van der Waals surface area contributed by atoms with Crippen molar-refractivity contribution in [1.29, 1.82) is 0 Å². The zero-order valence-electron chi connectivity index (χ0n) is 14.1. The van der Waals surface area contributed by atoms with E-state index >= 15 is 0 Å². The van der Waals surface area contributed by atoms with Crippen LogP contribution in [0.15, 0.2) is 42.6 Å². The van der Waals surface area contributed by atoms with Gasteiger partial charge in [0.25, 0.3) is 0 Å². The maximum atomic E-state index is 14.1. The number of nitrogens with one attached hydrogen (secondary N) is 1. The number of rotatable bonds is 4. The van der Waals surface area contributed by atoms with Crippen LogP contribution in [0, 0.1) is 19.7 Å². The Morgan fingerprint density at radius 1 is 1.19 bits per heavy atom. The molecule has 26 heavy (non-hydrogen) atoms. The van der Waals surface area contributed by atoms with E-state index in [0.29, 0.717) is 28.4 Å². The van der Waals surface area contributed by atoms with Crippen LogP contribution in [0.5, 0.6) is 0 Å². The van der Waals surface area contributed by atoms with Gasteiger partial charge in [-0.15, -0.1) is 11.3 Å². The molecule has 1 unspecified atom stereocenters. The van der Waals surface area contributed by atoms with Crippen molar-refractivity contribution < 1.29 is 9.50 Å². The van der Waals surface area contributed by atoms with Crippen LogP contribution >= 0.6 is 11.3 Å². The lowest BCUT2D eigenvalue weighted by atomic mass is 10.1. The number of benzene rings is 1. The maximum Gasteiger partial charge on any atom is 0.170 e. The second-order valence-electron chi connectivity index (χ2n) is 5.83. The number of thiazole rings is 1. The van der Waals surface area contributed by atoms with Crippen molar-refractivity contribution in [1.82, 2.24) is 19.6 Å². The molecule has 1 atom stereocenters. The zero-order chi connectivity index (χ0) is 18.3. The largest absolute Gasteiger partial charge is 0.368 e. The third-order valence-corrected chi connectivity index (χ3v) is 4.90. The summed E-state index contributed by atoms with van der Waals surface area (Å²) in [7, 11) is 0. The molecule has 8 heteroatoms. The Morgan fingerprint density at radius 3 is 2.73 bits per heavy atom. The van der Waals surface area contributed by atoms with Crippen LogP contribution in [0.4, 0.5) is 10.2 Å². The summed E-state index contributed by atoms with van der Waals surface area (Å²) in [6.07, 6.45) is 0.587. The highest BCUT2D eigenvalue weighted by molar-refractivity contribution is 7.11. The molecule has 132 valence electrons. The molecule has 6 nitrogen and oxygen atoms in total. The minimum Gasteiger partial charge on any atom is -0.368 e. The van der Waals surface area contributed by atoms with Crippen molar-refractivity contribution in [3.8, 4) is 11.3 Å². The van der Waals surface area contributed by atoms with Gasteiger partial charge in [0.1, 0.15) is 11.5 Å². The van der Waals surface area contributed by atoms with Gasteiger partial charge in [-0.2, -0.15) is 9.61 Å². The number of aliphatic hydroxyl groups excluding tert-OH is 1. The first kappa shape index (κ1) is 16.6. The first-order chi connectivity index (χ1) is 12.5. The molecule has 0 fully saturated rings. The summed E-state index contributed by atoms with van der Waals surface area (Å²) in [5.41, 5.74) is 2.05. The first-order valence-corrected chi connectivity index (χ1v) is 8.83. The number of aryl methyl sites for hydroxylation is 2. The number of nitrogens with zero attached hydrogens (tertiary/aromatic N) is 4. The summed E-state index contributed by atoms with van der Waals surface area (Å²) >= 11 is 1.52. The van der Waals surface area contributed by atoms with Gasteiger partial charge in [-0.1, -0.05) is 12.1 Å². The summed E-state index contributed by atoms with van der Waals surface area (Å²) in [5.74, 6) is 0.151. The molecule has 0 spiro atoms. The predicted octanol–water partition coefficient (Wildman–Crippen LogP) is 3.71. The minimum atomic E-state index is -0.987. The number of halogens is 1. The van der Waals surface area contributed by atoms with Crippen LogP contribution in [0.2, 0.25) is 0 Å². The summed E-state index contributed by atoms with van der Waals surface area (Å²) < 4.78 is 15.6. The number of hydrogen-bond acceptors (Lipinski definition) is 6. The van der Waals surface area contributed by atoms with E-state index in [1.54, 1.807) is 41.0 Å². The molecule has 0 aliphatic carbocycles. The van der Waals surface area contributed by atoms with E-state index in [-0.39, 0.29) is 5.82 Å². The summed E-state index contributed by atoms with van der Waals surface area (Å²) in [6.45, 7) is 3.80. The Morgan fingerprint density at radius 2 is 2.00 bits per heavy atom. The number of fused-ring (bicyclic) bond motifs is 1. The zero-order valence-corrected chi connectivity index (χ0v) is 15.0. The van der Waals surface area contributed by atoms with E-state index in [1.807, 2.05) is 13.8 Å². The third-order valence-electron chi connectivity index (χ3n) is 4.00. The van der Waals surface area contributed by atoms with Crippen molar-refractivity contribution in [3.05, 3.63) is 64.0 Å². The molecule has 4 rings (SSSR count). The number of aromatic nitrogens is 4. The Bertz CT molecular complexity index is 1090. The molecule has 0 bridgehead atoms. The van der Waals surface area contributed by atoms with Gasteiger partial charge in [-0.05, 0) is 38.1 Å². The van der Waals surface area contributed by atoms with E-state index in [4.69, 9.17) is 0 Å². The van der Waals surface area contributed by atoms with Crippen LogP contribution in [0.1, 0.15) is 21.8 Å². The van der Waals surface area contributed by atoms with Gasteiger partial charge in [0, 0.05) is 10.4 Å². The van der Waals surface area contributed by atoms with E-state index < -0.39 is 6.23 Å². The quantitative estimate of drug-likeness (QED) is 0.536. The SMILES string of the molecule is Cc1nc(C(O)Nc2cnc3ccc(-c4ccccc4F)nn23)c(C)s1. The van der Waals surface area contributed by atoms with Gasteiger partial charge in [-0.25, -0.2) is 14.4 Å². The first-order valence-electron chi connectivity index (χ1n) is 8.01. The highest BCUT2D eigenvalue weighted by atomic mass is 32.1. The fourth-order valence-corrected chi connectivity index (χ4v) is 3.64. The van der Waals surface area contributed by atoms with Crippen LogP contribution in [-0.2, 0) is 0 Å². The molecule has 0 amide bonds. The predicted molar refractivity (Wildman–Crippen MR) is 98.6 cm³/mol. The molecule has 0 aliphatic heterocycles.